The molecule has 1 atom stereocenters. The van der Waals surface area contributed by atoms with E-state index in [2.05, 4.69) is 29.2 Å². The average Bonchev–Trinajstić information content (AvgIpc) is 2.71. The minimum atomic E-state index is -0.447. The molecule has 104 valence electrons. The average molecular weight is 256 g/mol. The van der Waals surface area contributed by atoms with Crippen LogP contribution in [-0.4, -0.2) is 52.8 Å². The molecule has 1 aromatic heterocycles. The number of ether oxygens (including phenoxy) is 1. The summed E-state index contributed by atoms with van der Waals surface area (Å²) in [5.74, 6) is 1.35. The van der Waals surface area contributed by atoms with Gasteiger partial charge in [-0.05, 0) is 5.92 Å². The molecule has 1 rings (SSSR count). The van der Waals surface area contributed by atoms with E-state index in [9.17, 15) is 5.11 Å². The third-order valence-electron chi connectivity index (χ3n) is 2.51. The van der Waals surface area contributed by atoms with Crippen LogP contribution in [0.2, 0.25) is 0 Å². The molecule has 0 aliphatic rings. The number of hydrogen-bond donors (Lipinski definition) is 2. The van der Waals surface area contributed by atoms with Gasteiger partial charge in [0.1, 0.15) is 12.2 Å². The second kappa shape index (κ2) is 8.18. The van der Waals surface area contributed by atoms with Gasteiger partial charge < -0.3 is 15.2 Å². The van der Waals surface area contributed by atoms with Crippen molar-refractivity contribution < 1.29 is 9.84 Å². The molecule has 18 heavy (non-hydrogen) atoms. The second-order valence-electron chi connectivity index (χ2n) is 4.81. The molecule has 0 radical (unpaired) electrons. The maximum absolute atomic E-state index is 9.89. The number of nitrogens with zero attached hydrogens (tertiary/aromatic N) is 3. The van der Waals surface area contributed by atoms with Crippen LogP contribution in [0.3, 0.4) is 0 Å². The van der Waals surface area contributed by atoms with Crippen molar-refractivity contribution in [3.8, 4) is 0 Å². The Morgan fingerprint density at radius 1 is 1.50 bits per heavy atom. The molecule has 0 saturated heterocycles. The van der Waals surface area contributed by atoms with Gasteiger partial charge in [-0.3, -0.25) is 0 Å². The molecule has 6 heteroatoms. The Morgan fingerprint density at radius 2 is 2.28 bits per heavy atom. The summed E-state index contributed by atoms with van der Waals surface area (Å²) in [6.07, 6.45) is 1.62. The lowest BCUT2D eigenvalue weighted by atomic mass is 10.2. The maximum Gasteiger partial charge on any atom is 0.138 e. The van der Waals surface area contributed by atoms with Gasteiger partial charge >= 0.3 is 0 Å². The quantitative estimate of drug-likeness (QED) is 0.612. The number of nitrogens with one attached hydrogen (secondary N) is 1. The standard InChI is InChI=1S/C12H24N4O2/c1-10(2)8-16-12(14-9-15-16)6-11(17)7-13-4-5-18-3/h9-11,13,17H,4-8H2,1-3H3. The van der Waals surface area contributed by atoms with Gasteiger partial charge in [-0.2, -0.15) is 5.10 Å². The van der Waals surface area contributed by atoms with Gasteiger partial charge in [-0.1, -0.05) is 13.8 Å². The molecular weight excluding hydrogens is 232 g/mol. The van der Waals surface area contributed by atoms with Gasteiger partial charge in [0, 0.05) is 33.2 Å². The van der Waals surface area contributed by atoms with Crippen molar-refractivity contribution in [2.24, 2.45) is 5.92 Å². The van der Waals surface area contributed by atoms with E-state index in [1.54, 1.807) is 13.4 Å². The first kappa shape index (κ1) is 15.1. The Kier molecular flexibility index (Phi) is 6.85. The van der Waals surface area contributed by atoms with E-state index < -0.39 is 6.10 Å². The predicted molar refractivity (Wildman–Crippen MR) is 69.3 cm³/mol. The number of aliphatic hydroxyl groups is 1. The molecule has 2 N–H and O–H groups in total. The Balaban J connectivity index is 2.34. The minimum Gasteiger partial charge on any atom is -0.391 e. The van der Waals surface area contributed by atoms with Crippen LogP contribution < -0.4 is 5.32 Å². The molecule has 6 nitrogen and oxygen atoms in total. The van der Waals surface area contributed by atoms with Crippen molar-refractivity contribution in [3.63, 3.8) is 0 Å². The first-order chi connectivity index (χ1) is 8.63. The van der Waals surface area contributed by atoms with Crippen LogP contribution >= 0.6 is 0 Å². The van der Waals surface area contributed by atoms with Crippen molar-refractivity contribution in [1.82, 2.24) is 20.1 Å². The monoisotopic (exact) mass is 256 g/mol. The molecule has 0 amide bonds. The van der Waals surface area contributed by atoms with Gasteiger partial charge in [0.15, 0.2) is 0 Å². The van der Waals surface area contributed by atoms with Crippen molar-refractivity contribution >= 4 is 0 Å². The number of hydrogen-bond acceptors (Lipinski definition) is 5. The second-order valence-corrected chi connectivity index (χ2v) is 4.81. The van der Waals surface area contributed by atoms with E-state index in [4.69, 9.17) is 4.74 Å². The van der Waals surface area contributed by atoms with E-state index in [0.29, 0.717) is 25.5 Å². The zero-order valence-electron chi connectivity index (χ0n) is 11.5. The molecule has 1 aromatic rings. The van der Waals surface area contributed by atoms with Gasteiger partial charge in [0.05, 0.1) is 12.7 Å². The number of methoxy groups -OCH3 is 1. The Labute approximate surface area is 108 Å². The highest BCUT2D eigenvalue weighted by Gasteiger charge is 2.11. The van der Waals surface area contributed by atoms with E-state index in [1.807, 2.05) is 4.68 Å². The Morgan fingerprint density at radius 3 is 2.94 bits per heavy atom. The van der Waals surface area contributed by atoms with Gasteiger partial charge in [0.2, 0.25) is 0 Å². The van der Waals surface area contributed by atoms with E-state index in [0.717, 1.165) is 18.9 Å². The molecular formula is C12H24N4O2. The summed E-state index contributed by atoms with van der Waals surface area (Å²) in [7, 11) is 1.66. The van der Waals surface area contributed by atoms with Crippen LogP contribution in [0.15, 0.2) is 6.33 Å². The van der Waals surface area contributed by atoms with E-state index in [1.165, 1.54) is 0 Å². The Bertz CT molecular complexity index is 328. The van der Waals surface area contributed by atoms with Crippen LogP contribution in [0.5, 0.6) is 0 Å². The van der Waals surface area contributed by atoms with Crippen LogP contribution in [0, 0.1) is 5.92 Å². The van der Waals surface area contributed by atoms with Gasteiger partial charge in [-0.25, -0.2) is 9.67 Å². The maximum atomic E-state index is 9.89. The van der Waals surface area contributed by atoms with Gasteiger partial charge in [0.25, 0.3) is 0 Å². The first-order valence-electron chi connectivity index (χ1n) is 6.38. The third kappa shape index (κ3) is 5.57. The van der Waals surface area contributed by atoms with Crippen molar-refractivity contribution in [1.29, 1.82) is 0 Å². The lowest BCUT2D eigenvalue weighted by Gasteiger charge is -2.13. The van der Waals surface area contributed by atoms with Crippen molar-refractivity contribution in [3.05, 3.63) is 12.2 Å². The smallest absolute Gasteiger partial charge is 0.138 e. The largest absolute Gasteiger partial charge is 0.391 e. The molecule has 0 spiro atoms. The fourth-order valence-electron chi connectivity index (χ4n) is 1.67. The fourth-order valence-corrected chi connectivity index (χ4v) is 1.67. The summed E-state index contributed by atoms with van der Waals surface area (Å²) in [6.45, 7) is 7.03. The zero-order valence-corrected chi connectivity index (χ0v) is 11.5. The fraction of sp³-hybridized carbons (Fsp3) is 0.833. The summed E-state index contributed by atoms with van der Waals surface area (Å²) in [5.41, 5.74) is 0. The Hall–Kier alpha value is -0.980. The summed E-state index contributed by atoms with van der Waals surface area (Å²) < 4.78 is 6.79. The molecule has 0 aliphatic carbocycles. The van der Waals surface area contributed by atoms with E-state index >= 15 is 0 Å². The lowest BCUT2D eigenvalue weighted by Crippen LogP contribution is -2.31. The van der Waals surface area contributed by atoms with Crippen molar-refractivity contribution in [2.75, 3.05) is 26.8 Å². The lowest BCUT2D eigenvalue weighted by molar-refractivity contribution is 0.156. The molecule has 0 aromatic carbocycles. The summed E-state index contributed by atoms with van der Waals surface area (Å²) in [5, 5.41) is 17.2. The molecule has 1 unspecified atom stereocenters. The van der Waals surface area contributed by atoms with Crippen LogP contribution in [0.4, 0.5) is 0 Å². The van der Waals surface area contributed by atoms with Gasteiger partial charge in [-0.15, -0.1) is 0 Å². The highest BCUT2D eigenvalue weighted by Crippen LogP contribution is 2.03. The highest BCUT2D eigenvalue weighted by atomic mass is 16.5. The van der Waals surface area contributed by atoms with Crippen LogP contribution in [-0.2, 0) is 17.7 Å². The minimum absolute atomic E-state index is 0.447. The topological polar surface area (TPSA) is 72.2 Å². The number of rotatable bonds is 9. The first-order valence-corrected chi connectivity index (χ1v) is 6.38. The number of aromatic nitrogens is 3. The van der Waals surface area contributed by atoms with E-state index in [-0.39, 0.29) is 0 Å². The molecule has 0 saturated carbocycles. The molecule has 0 fully saturated rings. The molecule has 0 aliphatic heterocycles. The summed E-state index contributed by atoms with van der Waals surface area (Å²) >= 11 is 0. The molecule has 0 bridgehead atoms. The summed E-state index contributed by atoms with van der Waals surface area (Å²) in [6, 6.07) is 0. The SMILES string of the molecule is COCCNCC(O)Cc1ncnn1CC(C)C. The zero-order chi connectivity index (χ0) is 13.4. The normalized spacial score (nSPS) is 13.2. The van der Waals surface area contributed by atoms with Crippen LogP contribution in [0.1, 0.15) is 19.7 Å². The molecule has 1 heterocycles. The summed E-state index contributed by atoms with van der Waals surface area (Å²) in [4.78, 5) is 4.19. The highest BCUT2D eigenvalue weighted by molar-refractivity contribution is 4.88. The van der Waals surface area contributed by atoms with Crippen molar-refractivity contribution in [2.45, 2.75) is 32.9 Å². The number of aliphatic hydroxyl groups excluding tert-OH is 1. The third-order valence-corrected chi connectivity index (χ3v) is 2.51. The predicted octanol–water partition coefficient (Wildman–Crippen LogP) is 0.0735. The van der Waals surface area contributed by atoms with Crippen LogP contribution in [0.25, 0.3) is 0 Å².